The molecule has 1 rings (SSSR count). The number of hydrogen-bond acceptors (Lipinski definition) is 2. The highest BCUT2D eigenvalue weighted by Gasteiger charge is 2.04. The minimum Gasteiger partial charge on any atom is -0.388 e. The summed E-state index contributed by atoms with van der Waals surface area (Å²) in [5, 5.41) is 12.7. The quantitative estimate of drug-likeness (QED) is 0.829. The summed E-state index contributed by atoms with van der Waals surface area (Å²) in [6.07, 6.45) is 2.31. The normalized spacial score (nSPS) is 13.4. The van der Waals surface area contributed by atoms with E-state index in [2.05, 4.69) is 21.0 Å². The van der Waals surface area contributed by atoms with Crippen LogP contribution in [-0.4, -0.2) is 27.7 Å². The van der Waals surface area contributed by atoms with Crippen molar-refractivity contribution in [2.75, 3.05) is 6.67 Å². The van der Waals surface area contributed by atoms with Crippen molar-refractivity contribution in [2.45, 2.75) is 12.6 Å². The molecule has 1 aromatic rings. The lowest BCUT2D eigenvalue weighted by molar-refractivity contribution is 0.118. The zero-order valence-electron chi connectivity index (χ0n) is 5.74. The van der Waals surface area contributed by atoms with Gasteiger partial charge in [0.25, 0.3) is 0 Å². The minimum absolute atomic E-state index is 0.197. The van der Waals surface area contributed by atoms with Gasteiger partial charge in [0.1, 0.15) is 12.8 Å². The Morgan fingerprint density at radius 1 is 1.82 bits per heavy atom. The molecule has 0 aromatic carbocycles. The zero-order valence-corrected chi connectivity index (χ0v) is 7.33. The summed E-state index contributed by atoms with van der Waals surface area (Å²) >= 11 is 3.19. The summed E-state index contributed by atoms with van der Waals surface area (Å²) in [4.78, 5) is 0. The fourth-order valence-corrected chi connectivity index (χ4v) is 1.03. The van der Waals surface area contributed by atoms with Crippen molar-refractivity contribution in [3.05, 3.63) is 16.9 Å². The van der Waals surface area contributed by atoms with E-state index in [1.165, 1.54) is 4.68 Å². The van der Waals surface area contributed by atoms with E-state index in [4.69, 9.17) is 5.11 Å². The lowest BCUT2D eigenvalue weighted by Gasteiger charge is -2.04. The third-order valence-corrected chi connectivity index (χ3v) is 1.59. The van der Waals surface area contributed by atoms with Gasteiger partial charge in [-0.3, -0.25) is 4.68 Å². The molecule has 1 heterocycles. The van der Waals surface area contributed by atoms with Crippen molar-refractivity contribution >= 4 is 15.9 Å². The van der Waals surface area contributed by atoms with E-state index >= 15 is 0 Å². The van der Waals surface area contributed by atoms with Crippen molar-refractivity contribution in [1.82, 2.24) is 9.78 Å². The van der Waals surface area contributed by atoms with Gasteiger partial charge in [0.05, 0.1) is 17.2 Å². The van der Waals surface area contributed by atoms with E-state index in [1.807, 2.05) is 0 Å². The van der Waals surface area contributed by atoms with Crippen LogP contribution in [0.1, 0.15) is 0 Å². The summed E-state index contributed by atoms with van der Waals surface area (Å²) in [5.74, 6) is 0. The molecule has 5 heteroatoms. The second-order valence-electron chi connectivity index (χ2n) is 2.19. The standard InChI is InChI=1S/C6H8BrFN2O/c7-5-2-9-10(3-5)4-6(11)1-8/h2-3,6,11H,1,4H2. The van der Waals surface area contributed by atoms with Gasteiger partial charge >= 0.3 is 0 Å². The van der Waals surface area contributed by atoms with Crippen LogP contribution >= 0.6 is 15.9 Å². The smallest absolute Gasteiger partial charge is 0.117 e. The molecule has 3 nitrogen and oxygen atoms in total. The van der Waals surface area contributed by atoms with Gasteiger partial charge in [0, 0.05) is 6.20 Å². The molecule has 0 saturated carbocycles. The highest BCUT2D eigenvalue weighted by atomic mass is 79.9. The minimum atomic E-state index is -0.957. The third kappa shape index (κ3) is 2.59. The highest BCUT2D eigenvalue weighted by molar-refractivity contribution is 9.10. The van der Waals surface area contributed by atoms with E-state index < -0.39 is 12.8 Å². The lowest BCUT2D eigenvalue weighted by atomic mass is 10.4. The van der Waals surface area contributed by atoms with Gasteiger partial charge in [0.15, 0.2) is 0 Å². The SMILES string of the molecule is OC(CF)Cn1cc(Br)cn1. The molecule has 1 atom stereocenters. The average Bonchev–Trinajstić information content (AvgIpc) is 2.35. The van der Waals surface area contributed by atoms with Gasteiger partial charge < -0.3 is 5.11 Å². The van der Waals surface area contributed by atoms with Crippen molar-refractivity contribution in [3.63, 3.8) is 0 Å². The van der Waals surface area contributed by atoms with Gasteiger partial charge in [-0.25, -0.2) is 4.39 Å². The first kappa shape index (κ1) is 8.67. The Labute approximate surface area is 72.0 Å². The maximum atomic E-state index is 11.8. The Bertz CT molecular complexity index is 228. The van der Waals surface area contributed by atoms with Gasteiger partial charge in [-0.15, -0.1) is 0 Å². The summed E-state index contributed by atoms with van der Waals surface area (Å²) < 4.78 is 14.1. The van der Waals surface area contributed by atoms with Crippen LogP contribution in [0.2, 0.25) is 0 Å². The first-order valence-electron chi connectivity index (χ1n) is 3.14. The summed E-state index contributed by atoms with van der Waals surface area (Å²) in [6.45, 7) is -0.542. The van der Waals surface area contributed by atoms with Crippen LogP contribution in [0.15, 0.2) is 16.9 Å². The van der Waals surface area contributed by atoms with Crippen LogP contribution < -0.4 is 0 Å². The molecule has 0 aliphatic carbocycles. The van der Waals surface area contributed by atoms with E-state index in [1.54, 1.807) is 12.4 Å². The number of aliphatic hydroxyl groups excluding tert-OH is 1. The predicted molar refractivity (Wildman–Crippen MR) is 41.9 cm³/mol. The maximum Gasteiger partial charge on any atom is 0.117 e. The third-order valence-electron chi connectivity index (χ3n) is 1.18. The van der Waals surface area contributed by atoms with Crippen molar-refractivity contribution in [1.29, 1.82) is 0 Å². The van der Waals surface area contributed by atoms with E-state index in [-0.39, 0.29) is 6.54 Å². The molecular formula is C6H8BrFN2O. The van der Waals surface area contributed by atoms with Crippen LogP contribution in [0, 0.1) is 0 Å². The molecule has 0 aliphatic heterocycles. The molecule has 1 unspecified atom stereocenters. The highest BCUT2D eigenvalue weighted by Crippen LogP contribution is 2.06. The summed E-state index contributed by atoms with van der Waals surface area (Å²) in [6, 6.07) is 0. The zero-order chi connectivity index (χ0) is 8.27. The number of rotatable bonds is 3. The Hall–Kier alpha value is -0.420. The molecule has 11 heavy (non-hydrogen) atoms. The number of alkyl halides is 1. The number of aliphatic hydroxyl groups is 1. The monoisotopic (exact) mass is 222 g/mol. The molecule has 1 N–H and O–H groups in total. The molecular weight excluding hydrogens is 215 g/mol. The number of halogens is 2. The average molecular weight is 223 g/mol. The Morgan fingerprint density at radius 3 is 3.00 bits per heavy atom. The summed E-state index contributed by atoms with van der Waals surface area (Å²) in [5.41, 5.74) is 0. The van der Waals surface area contributed by atoms with E-state index in [0.29, 0.717) is 0 Å². The second-order valence-corrected chi connectivity index (χ2v) is 3.10. The fourth-order valence-electron chi connectivity index (χ4n) is 0.703. The Morgan fingerprint density at radius 2 is 2.55 bits per heavy atom. The maximum absolute atomic E-state index is 11.8. The van der Waals surface area contributed by atoms with Crippen LogP contribution in [0.3, 0.4) is 0 Å². The summed E-state index contributed by atoms with van der Waals surface area (Å²) in [7, 11) is 0. The van der Waals surface area contributed by atoms with Gasteiger partial charge in [0.2, 0.25) is 0 Å². The van der Waals surface area contributed by atoms with Gasteiger partial charge in [-0.2, -0.15) is 5.10 Å². The van der Waals surface area contributed by atoms with Gasteiger partial charge in [-0.05, 0) is 15.9 Å². The number of aromatic nitrogens is 2. The first-order chi connectivity index (χ1) is 5.22. The Balaban J connectivity index is 2.50. The van der Waals surface area contributed by atoms with Crippen molar-refractivity contribution in [3.8, 4) is 0 Å². The van der Waals surface area contributed by atoms with E-state index in [9.17, 15) is 4.39 Å². The lowest BCUT2D eigenvalue weighted by Crippen LogP contribution is -2.17. The van der Waals surface area contributed by atoms with Crippen molar-refractivity contribution in [2.24, 2.45) is 0 Å². The molecule has 0 amide bonds. The molecule has 0 saturated heterocycles. The fraction of sp³-hybridized carbons (Fsp3) is 0.500. The van der Waals surface area contributed by atoms with Crippen LogP contribution in [-0.2, 0) is 6.54 Å². The molecule has 62 valence electrons. The van der Waals surface area contributed by atoms with Crippen molar-refractivity contribution < 1.29 is 9.50 Å². The van der Waals surface area contributed by atoms with Gasteiger partial charge in [-0.1, -0.05) is 0 Å². The molecule has 0 spiro atoms. The molecule has 0 radical (unpaired) electrons. The molecule has 0 fully saturated rings. The molecule has 1 aromatic heterocycles. The second kappa shape index (κ2) is 3.82. The van der Waals surface area contributed by atoms with E-state index in [0.717, 1.165) is 4.47 Å². The largest absolute Gasteiger partial charge is 0.388 e. The Kier molecular flexibility index (Phi) is 3.02. The van der Waals surface area contributed by atoms with Crippen LogP contribution in [0.4, 0.5) is 4.39 Å². The molecule has 0 bridgehead atoms. The van der Waals surface area contributed by atoms with Crippen LogP contribution in [0.5, 0.6) is 0 Å². The predicted octanol–water partition coefficient (Wildman–Crippen LogP) is 0.976. The van der Waals surface area contributed by atoms with Crippen LogP contribution in [0.25, 0.3) is 0 Å². The molecule has 0 aliphatic rings. The number of hydrogen-bond donors (Lipinski definition) is 1. The topological polar surface area (TPSA) is 38.0 Å². The number of nitrogens with zero attached hydrogens (tertiary/aromatic N) is 2. The first-order valence-corrected chi connectivity index (χ1v) is 3.93.